The highest BCUT2D eigenvalue weighted by Crippen LogP contribution is 2.44. The Morgan fingerprint density at radius 1 is 0.474 bits per heavy atom. The molecule has 4 heterocycles. The molecule has 7 aromatic carbocycles. The fraction of sp³-hybridized carbons (Fsp3) is 0.0769. The molecular formula is C52H38N4O. The van der Waals surface area contributed by atoms with E-state index in [0.717, 1.165) is 66.7 Å². The summed E-state index contributed by atoms with van der Waals surface area (Å²) in [6.45, 7) is 8.88. The van der Waals surface area contributed by atoms with Crippen molar-refractivity contribution < 1.29 is 4.74 Å². The number of nitrogens with zero attached hydrogens (tertiary/aromatic N) is 4. The summed E-state index contributed by atoms with van der Waals surface area (Å²) >= 11 is 0. The van der Waals surface area contributed by atoms with Crippen LogP contribution in [-0.2, 0) is 0 Å². The number of rotatable bonds is 5. The van der Waals surface area contributed by atoms with Crippen molar-refractivity contribution in [2.24, 2.45) is 0 Å². The van der Waals surface area contributed by atoms with Gasteiger partial charge in [0.2, 0.25) is 0 Å². The molecular weight excluding hydrogens is 697 g/mol. The maximum atomic E-state index is 6.79. The van der Waals surface area contributed by atoms with Gasteiger partial charge in [-0.2, -0.15) is 0 Å². The zero-order chi connectivity index (χ0) is 38.4. The summed E-state index contributed by atoms with van der Waals surface area (Å²) in [5, 5.41) is 5.67. The van der Waals surface area contributed by atoms with Crippen LogP contribution in [0, 0.1) is 27.7 Å². The predicted molar refractivity (Wildman–Crippen MR) is 236 cm³/mol. The van der Waals surface area contributed by atoms with Crippen molar-refractivity contribution in [3.8, 4) is 39.6 Å². The molecule has 0 N–H and O–H groups in total. The van der Waals surface area contributed by atoms with E-state index in [1.54, 1.807) is 0 Å². The van der Waals surface area contributed by atoms with Crippen molar-refractivity contribution >= 4 is 60.2 Å². The maximum Gasteiger partial charge on any atom is 0.146 e. The van der Waals surface area contributed by atoms with Crippen molar-refractivity contribution in [3.63, 3.8) is 0 Å². The summed E-state index contributed by atoms with van der Waals surface area (Å²) in [5.41, 5.74) is 16.2. The molecule has 272 valence electrons. The van der Waals surface area contributed by atoms with E-state index in [9.17, 15) is 0 Å². The number of imidazole rings is 1. The van der Waals surface area contributed by atoms with Gasteiger partial charge in [0.15, 0.2) is 0 Å². The monoisotopic (exact) mass is 734 g/mol. The Morgan fingerprint density at radius 3 is 1.88 bits per heavy atom. The molecule has 0 unspecified atom stereocenters. The molecule has 0 radical (unpaired) electrons. The first-order chi connectivity index (χ1) is 27.9. The van der Waals surface area contributed by atoms with Crippen LogP contribution < -0.4 is 4.74 Å². The normalized spacial score (nSPS) is 11.9. The molecule has 0 saturated heterocycles. The molecule has 11 aromatic rings. The third-order valence-corrected chi connectivity index (χ3v) is 11.7. The topological polar surface area (TPSA) is 44.3 Å². The fourth-order valence-electron chi connectivity index (χ4n) is 9.25. The van der Waals surface area contributed by atoms with E-state index in [1.807, 2.05) is 24.4 Å². The molecule has 5 heteroatoms. The van der Waals surface area contributed by atoms with Crippen molar-refractivity contribution in [2.45, 2.75) is 27.7 Å². The van der Waals surface area contributed by atoms with E-state index in [0.29, 0.717) is 0 Å². The van der Waals surface area contributed by atoms with Gasteiger partial charge in [0.05, 0.1) is 27.6 Å². The Labute approximate surface area is 330 Å². The molecule has 4 aromatic heterocycles. The van der Waals surface area contributed by atoms with E-state index in [4.69, 9.17) is 14.7 Å². The number of para-hydroxylation sites is 3. The summed E-state index contributed by atoms with van der Waals surface area (Å²) in [4.78, 5) is 10.1. The van der Waals surface area contributed by atoms with Gasteiger partial charge in [-0.3, -0.25) is 8.97 Å². The first-order valence-corrected chi connectivity index (χ1v) is 19.5. The van der Waals surface area contributed by atoms with Gasteiger partial charge in [-0.15, -0.1) is 0 Å². The summed E-state index contributed by atoms with van der Waals surface area (Å²) in [6, 6.07) is 53.8. The van der Waals surface area contributed by atoms with E-state index in [2.05, 4.69) is 170 Å². The molecule has 11 rings (SSSR count). The SMILES string of the molecule is Cc1cccc(C)c1-c1cc(-c2c(C)cccc2C)c2c(c1)c1ccc(Oc3ccc4c5ccccc5n(-c5ccccn5)c4c3)cc1c1nc3ccccc3n12. The van der Waals surface area contributed by atoms with Crippen molar-refractivity contribution in [2.75, 3.05) is 0 Å². The highest BCUT2D eigenvalue weighted by molar-refractivity contribution is 6.18. The number of ether oxygens (including phenoxy) is 1. The molecule has 0 aliphatic carbocycles. The van der Waals surface area contributed by atoms with Crippen LogP contribution in [-0.4, -0.2) is 18.9 Å². The average Bonchev–Trinajstić information content (AvgIpc) is 3.77. The molecule has 5 nitrogen and oxygen atoms in total. The highest BCUT2D eigenvalue weighted by Gasteiger charge is 2.22. The minimum atomic E-state index is 0.747. The Kier molecular flexibility index (Phi) is 7.35. The van der Waals surface area contributed by atoms with E-state index in [-0.39, 0.29) is 0 Å². The lowest BCUT2D eigenvalue weighted by molar-refractivity contribution is 0.484. The average molecular weight is 735 g/mol. The van der Waals surface area contributed by atoms with Crippen LogP contribution in [0.25, 0.3) is 88.2 Å². The Morgan fingerprint density at radius 2 is 1.12 bits per heavy atom. The van der Waals surface area contributed by atoms with Crippen LogP contribution in [0.1, 0.15) is 22.3 Å². The first kappa shape index (κ1) is 33.1. The number of benzene rings is 7. The summed E-state index contributed by atoms with van der Waals surface area (Å²) in [7, 11) is 0. The predicted octanol–water partition coefficient (Wildman–Crippen LogP) is 13.6. The molecule has 0 atom stereocenters. The van der Waals surface area contributed by atoms with Gasteiger partial charge < -0.3 is 4.74 Å². The minimum Gasteiger partial charge on any atom is -0.457 e. The van der Waals surface area contributed by atoms with E-state index < -0.39 is 0 Å². The van der Waals surface area contributed by atoms with Gasteiger partial charge in [-0.1, -0.05) is 72.8 Å². The lowest BCUT2D eigenvalue weighted by Crippen LogP contribution is -1.99. The number of hydrogen-bond acceptors (Lipinski definition) is 3. The molecule has 0 bridgehead atoms. The standard InChI is InChI=1S/C52H38N4O/c1-31-13-11-14-32(2)49(31)35-27-41-38-24-22-36(57-37-23-25-40-39-17-5-7-19-45(39)55(47(40)30-37)48-21-9-10-26-53-48)29-42(38)52-54-44-18-6-8-20-46(44)56(52)51(41)43(28-35)50-33(3)15-12-16-34(50)4/h5-30H,1-4H3. The first-order valence-electron chi connectivity index (χ1n) is 19.5. The lowest BCUT2D eigenvalue weighted by Gasteiger charge is -2.20. The van der Waals surface area contributed by atoms with Crippen molar-refractivity contribution in [3.05, 3.63) is 180 Å². The lowest BCUT2D eigenvalue weighted by atomic mass is 9.87. The van der Waals surface area contributed by atoms with Gasteiger partial charge in [-0.25, -0.2) is 9.97 Å². The summed E-state index contributed by atoms with van der Waals surface area (Å²) in [6.07, 6.45) is 1.84. The smallest absolute Gasteiger partial charge is 0.146 e. The van der Waals surface area contributed by atoms with Gasteiger partial charge >= 0.3 is 0 Å². The number of fused-ring (bicyclic) bond motifs is 11. The minimum absolute atomic E-state index is 0.747. The second-order valence-corrected chi connectivity index (χ2v) is 15.2. The molecule has 0 fully saturated rings. The molecule has 0 amide bonds. The molecule has 0 saturated carbocycles. The summed E-state index contributed by atoms with van der Waals surface area (Å²) in [5.74, 6) is 2.37. The number of hydrogen-bond donors (Lipinski definition) is 0. The Hall–Kier alpha value is -7.24. The largest absolute Gasteiger partial charge is 0.457 e. The molecule has 0 aliphatic heterocycles. The number of aryl methyl sites for hydroxylation is 4. The van der Waals surface area contributed by atoms with Gasteiger partial charge in [0.25, 0.3) is 0 Å². The zero-order valence-corrected chi connectivity index (χ0v) is 32.2. The van der Waals surface area contributed by atoms with Crippen LogP contribution in [0.15, 0.2) is 158 Å². The second-order valence-electron chi connectivity index (χ2n) is 15.2. The van der Waals surface area contributed by atoms with Crippen molar-refractivity contribution in [1.29, 1.82) is 0 Å². The number of aromatic nitrogens is 4. The van der Waals surface area contributed by atoms with Crippen LogP contribution in [0.3, 0.4) is 0 Å². The Bertz CT molecular complexity index is 3390. The Balaban J connectivity index is 1.18. The molecule has 57 heavy (non-hydrogen) atoms. The molecule has 0 aliphatic rings. The number of pyridine rings is 2. The van der Waals surface area contributed by atoms with Crippen LogP contribution in [0.5, 0.6) is 11.5 Å². The summed E-state index contributed by atoms with van der Waals surface area (Å²) < 4.78 is 11.4. The van der Waals surface area contributed by atoms with Gasteiger partial charge in [-0.05, 0) is 145 Å². The molecule has 0 spiro atoms. The van der Waals surface area contributed by atoms with Gasteiger partial charge in [0.1, 0.15) is 23.0 Å². The van der Waals surface area contributed by atoms with Crippen molar-refractivity contribution in [1.82, 2.24) is 18.9 Å². The fourth-order valence-corrected chi connectivity index (χ4v) is 9.25. The third kappa shape index (κ3) is 5.09. The van der Waals surface area contributed by atoms with Crippen LogP contribution in [0.4, 0.5) is 0 Å². The maximum absolute atomic E-state index is 6.79. The second kappa shape index (κ2) is 12.7. The van der Waals surface area contributed by atoms with Gasteiger partial charge in [0, 0.05) is 39.4 Å². The van der Waals surface area contributed by atoms with E-state index in [1.165, 1.54) is 55.3 Å². The highest BCUT2D eigenvalue weighted by atomic mass is 16.5. The third-order valence-electron chi connectivity index (χ3n) is 11.7. The van der Waals surface area contributed by atoms with E-state index >= 15 is 0 Å². The van der Waals surface area contributed by atoms with Crippen LogP contribution in [0.2, 0.25) is 0 Å². The quantitative estimate of drug-likeness (QED) is 0.165. The zero-order valence-electron chi connectivity index (χ0n) is 32.2. The van der Waals surface area contributed by atoms with Crippen LogP contribution >= 0.6 is 0 Å².